The van der Waals surface area contributed by atoms with Gasteiger partial charge in [-0.1, -0.05) is 72.6 Å². The van der Waals surface area contributed by atoms with Crippen LogP contribution < -0.4 is 42.6 Å². The van der Waals surface area contributed by atoms with Crippen molar-refractivity contribution in [3.05, 3.63) is 134 Å². The second-order valence-corrected chi connectivity index (χ2v) is 19.1. The minimum atomic E-state index is -0.703. The molecule has 0 radical (unpaired) electrons. The van der Waals surface area contributed by atoms with Crippen LogP contribution in [0.5, 0.6) is 69.0 Å². The highest BCUT2D eigenvalue weighted by molar-refractivity contribution is 9.09. The van der Waals surface area contributed by atoms with E-state index in [-0.39, 0.29) is 62.5 Å². The summed E-state index contributed by atoms with van der Waals surface area (Å²) in [7, 11) is 5.12. The highest BCUT2D eigenvalue weighted by Crippen LogP contribution is 2.43. The van der Waals surface area contributed by atoms with Crippen LogP contribution in [0.2, 0.25) is 0 Å². The van der Waals surface area contributed by atoms with E-state index in [9.17, 15) is 19.2 Å². The summed E-state index contributed by atoms with van der Waals surface area (Å²) < 4.78 is 95.8. The molecule has 478 valence electrons. The van der Waals surface area contributed by atoms with Crippen LogP contribution in [0.1, 0.15) is 41.4 Å². The molecule has 5 heterocycles. The van der Waals surface area contributed by atoms with Gasteiger partial charge in [-0.2, -0.15) is 0 Å². The molecule has 25 nitrogen and oxygen atoms in total. The Kier molecular flexibility index (Phi) is 29.6. The molecule has 88 heavy (non-hydrogen) atoms. The van der Waals surface area contributed by atoms with Gasteiger partial charge in [0.1, 0.15) is 90.0 Å². The fourth-order valence-electron chi connectivity index (χ4n) is 6.66. The summed E-state index contributed by atoms with van der Waals surface area (Å²) >= 11 is 3.13. The van der Waals surface area contributed by atoms with Gasteiger partial charge >= 0.3 is 23.9 Å². The minimum absolute atomic E-state index is 0.0321. The fourth-order valence-corrected chi connectivity index (χ4v) is 6.66. The van der Waals surface area contributed by atoms with E-state index in [4.69, 9.17) is 95.8 Å². The number of phenols is 3. The SMILES string of the molecule is C=CCBr.C=CCOc1c(OCC2CO2)cc(C(=O)OC)cc1OCC1CO1.C=CCOc1cc(C(=O)OC)cc(OCC=C)c1OCC=C.COC(=O)c1cc(O)c(O)c(O)c1.COC(=O)c1cc(OCC2CO2)c(OCC2CO2)c(OCC2CO2)c1. The maximum Gasteiger partial charge on any atom is 0.338 e. The van der Waals surface area contributed by atoms with Gasteiger partial charge in [-0.15, -0.1) is 6.58 Å². The van der Waals surface area contributed by atoms with Crippen LogP contribution in [0.15, 0.2) is 112 Å². The first-order valence-corrected chi connectivity index (χ1v) is 28.2. The smallest absolute Gasteiger partial charge is 0.338 e. The van der Waals surface area contributed by atoms with E-state index in [0.29, 0.717) is 135 Å². The average Bonchev–Trinajstić information content (AvgIpc) is 4.43. The molecule has 5 saturated heterocycles. The van der Waals surface area contributed by atoms with Crippen molar-refractivity contribution in [3.63, 3.8) is 0 Å². The lowest BCUT2D eigenvalue weighted by atomic mass is 10.2. The van der Waals surface area contributed by atoms with Crippen LogP contribution in [0.25, 0.3) is 0 Å². The van der Waals surface area contributed by atoms with E-state index in [1.54, 1.807) is 54.6 Å². The largest absolute Gasteiger partial charge is 0.504 e. The Morgan fingerprint density at radius 1 is 0.398 bits per heavy atom. The summed E-state index contributed by atoms with van der Waals surface area (Å²) in [4.78, 5) is 46.5. The van der Waals surface area contributed by atoms with Crippen molar-refractivity contribution in [1.82, 2.24) is 0 Å². The third kappa shape index (κ3) is 24.2. The molecule has 3 N–H and O–H groups in total. The van der Waals surface area contributed by atoms with Crippen LogP contribution in [0, 0.1) is 0 Å². The van der Waals surface area contributed by atoms with Gasteiger partial charge in [-0.05, 0) is 48.5 Å². The number of aromatic hydroxyl groups is 3. The Hall–Kier alpha value is -8.66. The Balaban J connectivity index is 0.000000214. The summed E-state index contributed by atoms with van der Waals surface area (Å²) in [5, 5.41) is 27.8. The molecule has 0 saturated carbocycles. The van der Waals surface area contributed by atoms with Crippen LogP contribution in [0.3, 0.4) is 0 Å². The predicted octanol–water partition coefficient (Wildman–Crippen LogP) is 7.72. The third-order valence-electron chi connectivity index (χ3n) is 11.5. The van der Waals surface area contributed by atoms with Gasteiger partial charge in [-0.3, -0.25) is 0 Å². The van der Waals surface area contributed by atoms with E-state index in [2.05, 4.69) is 53.6 Å². The number of allylic oxidation sites excluding steroid dienone is 1. The number of hydrogen-bond acceptors (Lipinski definition) is 25. The zero-order valence-corrected chi connectivity index (χ0v) is 50.8. The first-order valence-electron chi connectivity index (χ1n) is 27.0. The number of alkyl halides is 1. The highest BCUT2D eigenvalue weighted by atomic mass is 79.9. The normalized spacial score (nSPS) is 17.1. The molecule has 0 aliphatic carbocycles. The quantitative estimate of drug-likeness (QED) is 0.0105. The van der Waals surface area contributed by atoms with E-state index in [1.807, 2.05) is 0 Å². The van der Waals surface area contributed by atoms with Gasteiger partial charge in [0, 0.05) is 5.33 Å². The molecule has 26 heteroatoms. The van der Waals surface area contributed by atoms with Gasteiger partial charge in [0.2, 0.25) is 17.2 Å². The third-order valence-corrected chi connectivity index (χ3v) is 11.9. The summed E-state index contributed by atoms with van der Waals surface area (Å²) in [5.41, 5.74) is 0.916. The first-order chi connectivity index (χ1) is 42.6. The van der Waals surface area contributed by atoms with Crippen molar-refractivity contribution in [1.29, 1.82) is 0 Å². The second-order valence-electron chi connectivity index (χ2n) is 18.4. The van der Waals surface area contributed by atoms with Crippen LogP contribution in [0.4, 0.5) is 0 Å². The van der Waals surface area contributed by atoms with Gasteiger partial charge in [-0.25, -0.2) is 19.2 Å². The maximum atomic E-state index is 12.0. The molecule has 5 aliphatic heterocycles. The summed E-state index contributed by atoms with van der Waals surface area (Å²) in [6.07, 6.45) is 8.57. The number of carbonyl (C=O) groups excluding carboxylic acids is 4. The molecule has 5 fully saturated rings. The lowest BCUT2D eigenvalue weighted by Crippen LogP contribution is -2.13. The number of benzene rings is 4. The Morgan fingerprint density at radius 2 is 0.614 bits per heavy atom. The average molecular weight is 1300 g/mol. The zero-order valence-electron chi connectivity index (χ0n) is 49.2. The number of ether oxygens (including phenoxy) is 18. The molecular formula is C62H73BrO25. The second kappa shape index (κ2) is 37.1. The Morgan fingerprint density at radius 3 is 0.841 bits per heavy atom. The van der Waals surface area contributed by atoms with Crippen molar-refractivity contribution in [2.75, 3.05) is 126 Å². The predicted molar refractivity (Wildman–Crippen MR) is 319 cm³/mol. The Labute approximate surface area is 517 Å². The molecule has 5 atom stereocenters. The molecule has 0 bridgehead atoms. The molecule has 5 unspecified atom stereocenters. The number of phenolic OH excluding ortho intramolecular Hbond substituents is 3. The monoisotopic (exact) mass is 1300 g/mol. The molecule has 5 aliphatic rings. The number of methoxy groups -OCH3 is 4. The molecule has 0 spiro atoms. The van der Waals surface area contributed by atoms with Crippen molar-refractivity contribution in [2.24, 2.45) is 0 Å². The van der Waals surface area contributed by atoms with Gasteiger partial charge in [0.15, 0.2) is 51.7 Å². The molecule has 9 rings (SSSR count). The fraction of sp³-hybridized carbons (Fsp3) is 0.387. The van der Waals surface area contributed by atoms with Crippen molar-refractivity contribution < 1.29 is 120 Å². The maximum absolute atomic E-state index is 12.0. The van der Waals surface area contributed by atoms with Crippen molar-refractivity contribution >= 4 is 39.8 Å². The summed E-state index contributed by atoms with van der Waals surface area (Å²) in [6.45, 7) is 24.2. The standard InChI is InChI=1S/C17H20O8.C17H20O7.C17H20O5.C8H8O5.C3H5Br/c1-19-17(18)10-2-14(23-7-11-4-20-11)16(25-9-13-6-22-13)15(3-10)24-8-12-5-21-12;1-3-4-20-16-14(23-9-12-7-21-12)5-11(17(18)19-2)6-15(16)24-10-13-8-22-13;1-5-8-20-14-11-13(17(18)19-4)12-15(21-9-6-2)16(14)22-10-7-3;1-13-8(12)4-2-5(9)7(11)6(10)3-4;1-2-3-4/h2-3,11-13H,4-9H2,1H3;3,5-6,12-13H,1,4,7-10H2,2H3;5-7,11-12H,1-3,8-10H2,4H3;2-3,9-11H,1H3;2H,1,3H2. The van der Waals surface area contributed by atoms with E-state index >= 15 is 0 Å². The lowest BCUT2D eigenvalue weighted by Gasteiger charge is -2.17. The van der Waals surface area contributed by atoms with E-state index in [1.165, 1.54) is 40.6 Å². The number of esters is 4. The number of hydrogen-bond donors (Lipinski definition) is 3. The van der Waals surface area contributed by atoms with Gasteiger partial charge in [0.05, 0.1) is 83.7 Å². The molecule has 4 aromatic carbocycles. The van der Waals surface area contributed by atoms with Crippen molar-refractivity contribution in [2.45, 2.75) is 30.5 Å². The van der Waals surface area contributed by atoms with Crippen LogP contribution in [-0.4, -0.2) is 196 Å². The lowest BCUT2D eigenvalue weighted by molar-refractivity contribution is 0.0590. The van der Waals surface area contributed by atoms with E-state index < -0.39 is 41.1 Å². The number of halogens is 1. The molecule has 0 amide bonds. The Bertz CT molecular complexity index is 2850. The molecule has 0 aromatic heterocycles. The number of rotatable bonds is 32. The minimum Gasteiger partial charge on any atom is -0.504 e. The van der Waals surface area contributed by atoms with Gasteiger partial charge in [0.25, 0.3) is 0 Å². The van der Waals surface area contributed by atoms with Crippen LogP contribution >= 0.6 is 15.9 Å². The van der Waals surface area contributed by atoms with Crippen LogP contribution in [-0.2, 0) is 42.6 Å². The number of carbonyl (C=O) groups is 4. The van der Waals surface area contributed by atoms with E-state index in [0.717, 1.165) is 17.5 Å². The first kappa shape index (κ1) is 70.1. The van der Waals surface area contributed by atoms with Crippen molar-refractivity contribution in [3.8, 4) is 69.0 Å². The molecular weight excluding hydrogens is 1220 g/mol. The number of epoxide rings is 5. The zero-order chi connectivity index (χ0) is 64.0. The highest BCUT2D eigenvalue weighted by Gasteiger charge is 2.31. The van der Waals surface area contributed by atoms with Gasteiger partial charge < -0.3 is 101 Å². The topological polar surface area (TPSA) is 312 Å². The molecule has 4 aromatic rings. The summed E-state index contributed by atoms with van der Waals surface area (Å²) in [6, 6.07) is 11.4. The summed E-state index contributed by atoms with van der Waals surface area (Å²) in [5.74, 6) is -0.318.